The molecular formula is C22H33IN4O2S. The monoisotopic (exact) mass is 544 g/mol. The summed E-state index contributed by atoms with van der Waals surface area (Å²) in [5, 5.41) is 7.89. The quantitative estimate of drug-likeness (QED) is 0.289. The first-order valence-electron chi connectivity index (χ1n) is 10.3. The van der Waals surface area contributed by atoms with E-state index in [1.165, 1.54) is 17.7 Å². The molecule has 1 aromatic heterocycles. The van der Waals surface area contributed by atoms with Crippen LogP contribution in [-0.2, 0) is 13.0 Å². The summed E-state index contributed by atoms with van der Waals surface area (Å²) in [5.74, 6) is 2.40. The van der Waals surface area contributed by atoms with Crippen molar-refractivity contribution in [1.29, 1.82) is 0 Å². The number of aromatic nitrogens is 1. The summed E-state index contributed by atoms with van der Waals surface area (Å²) < 4.78 is 11.7. The molecule has 0 bridgehead atoms. The topological polar surface area (TPSA) is 67.8 Å². The van der Waals surface area contributed by atoms with Gasteiger partial charge in [0.2, 0.25) is 0 Å². The van der Waals surface area contributed by atoms with Gasteiger partial charge in [-0.25, -0.2) is 4.98 Å². The van der Waals surface area contributed by atoms with Gasteiger partial charge in [-0.05, 0) is 57.2 Å². The number of nitrogens with zero attached hydrogens (tertiary/aromatic N) is 2. The first-order chi connectivity index (χ1) is 14.1. The molecule has 6 nitrogen and oxygen atoms in total. The van der Waals surface area contributed by atoms with Crippen LogP contribution in [0.5, 0.6) is 11.5 Å². The van der Waals surface area contributed by atoms with Gasteiger partial charge in [0, 0.05) is 31.4 Å². The van der Waals surface area contributed by atoms with Crippen LogP contribution in [0.3, 0.4) is 0 Å². The first kappa shape index (κ1) is 24.7. The Labute approximate surface area is 200 Å². The Hall–Kier alpha value is -1.55. The molecule has 1 heterocycles. The fourth-order valence-electron chi connectivity index (χ4n) is 3.45. The summed E-state index contributed by atoms with van der Waals surface area (Å²) in [6.45, 7) is 5.64. The summed E-state index contributed by atoms with van der Waals surface area (Å²) >= 11 is 1.76. The lowest BCUT2D eigenvalue weighted by Gasteiger charge is -2.17. The lowest BCUT2D eigenvalue weighted by molar-refractivity contribution is 0.200. The number of thiazole rings is 1. The van der Waals surface area contributed by atoms with Crippen LogP contribution in [0.25, 0.3) is 0 Å². The van der Waals surface area contributed by atoms with Crippen LogP contribution in [0.15, 0.2) is 23.2 Å². The first-order valence-corrected chi connectivity index (χ1v) is 11.1. The Bertz CT molecular complexity index is 815. The summed E-state index contributed by atoms with van der Waals surface area (Å²) in [5.41, 5.74) is 2.26. The predicted octanol–water partition coefficient (Wildman–Crippen LogP) is 4.62. The highest BCUT2D eigenvalue weighted by molar-refractivity contribution is 14.0. The van der Waals surface area contributed by atoms with E-state index in [0.29, 0.717) is 12.6 Å². The van der Waals surface area contributed by atoms with Gasteiger partial charge in [0.25, 0.3) is 0 Å². The van der Waals surface area contributed by atoms with Gasteiger partial charge in [-0.15, -0.1) is 35.3 Å². The molecule has 0 spiro atoms. The number of methoxy groups -OCH3 is 1. The van der Waals surface area contributed by atoms with Gasteiger partial charge in [-0.2, -0.15) is 0 Å². The molecule has 1 aliphatic carbocycles. The van der Waals surface area contributed by atoms with Crippen molar-refractivity contribution >= 4 is 41.3 Å². The van der Waals surface area contributed by atoms with Gasteiger partial charge < -0.3 is 20.1 Å². The molecular weight excluding hydrogens is 511 g/mol. The molecule has 1 aromatic carbocycles. The third kappa shape index (κ3) is 7.01. The normalized spacial score (nSPS) is 14.3. The summed E-state index contributed by atoms with van der Waals surface area (Å²) in [6.07, 6.45) is 5.94. The van der Waals surface area contributed by atoms with Crippen molar-refractivity contribution in [2.45, 2.75) is 58.6 Å². The highest BCUT2D eigenvalue weighted by Crippen LogP contribution is 2.32. The Morgan fingerprint density at radius 2 is 1.97 bits per heavy atom. The molecule has 0 aliphatic heterocycles. The molecule has 2 N–H and O–H groups in total. The third-order valence-electron chi connectivity index (χ3n) is 5.21. The molecule has 0 saturated heterocycles. The molecule has 1 fully saturated rings. The van der Waals surface area contributed by atoms with Gasteiger partial charge in [0.15, 0.2) is 17.5 Å². The van der Waals surface area contributed by atoms with Crippen molar-refractivity contribution in [2.75, 3.05) is 20.7 Å². The van der Waals surface area contributed by atoms with Crippen LogP contribution in [-0.4, -0.2) is 37.7 Å². The van der Waals surface area contributed by atoms with E-state index in [2.05, 4.69) is 46.6 Å². The van der Waals surface area contributed by atoms with Gasteiger partial charge in [0.05, 0.1) is 23.9 Å². The van der Waals surface area contributed by atoms with E-state index in [1.54, 1.807) is 25.5 Å². The maximum absolute atomic E-state index is 6.19. The molecule has 1 saturated carbocycles. The highest BCUT2D eigenvalue weighted by Gasteiger charge is 2.18. The van der Waals surface area contributed by atoms with Crippen molar-refractivity contribution in [1.82, 2.24) is 15.6 Å². The van der Waals surface area contributed by atoms with Crippen molar-refractivity contribution in [3.05, 3.63) is 39.3 Å². The molecule has 0 radical (unpaired) electrons. The molecule has 30 heavy (non-hydrogen) atoms. The molecule has 8 heteroatoms. The molecule has 0 atom stereocenters. The van der Waals surface area contributed by atoms with E-state index in [9.17, 15) is 0 Å². The molecule has 1 aliphatic rings. The predicted molar refractivity (Wildman–Crippen MR) is 135 cm³/mol. The van der Waals surface area contributed by atoms with E-state index >= 15 is 0 Å². The van der Waals surface area contributed by atoms with Gasteiger partial charge >= 0.3 is 0 Å². The van der Waals surface area contributed by atoms with E-state index in [-0.39, 0.29) is 24.0 Å². The van der Waals surface area contributed by atoms with Crippen LogP contribution in [0.2, 0.25) is 0 Å². The summed E-state index contributed by atoms with van der Waals surface area (Å²) in [7, 11) is 3.47. The highest BCUT2D eigenvalue weighted by atomic mass is 127. The Morgan fingerprint density at radius 1 is 1.20 bits per heavy atom. The van der Waals surface area contributed by atoms with Crippen molar-refractivity contribution in [3.63, 3.8) is 0 Å². The SMILES string of the molecule is CN=C(NCCc1nc(C)c(C)s1)NCc1ccc(OC)c(OC2CCCC2)c1.I. The minimum absolute atomic E-state index is 0. The van der Waals surface area contributed by atoms with Crippen molar-refractivity contribution < 1.29 is 9.47 Å². The average molecular weight is 545 g/mol. The summed E-state index contributed by atoms with van der Waals surface area (Å²) in [6, 6.07) is 6.10. The lowest BCUT2D eigenvalue weighted by Crippen LogP contribution is -2.37. The van der Waals surface area contributed by atoms with Gasteiger partial charge in [0.1, 0.15) is 0 Å². The van der Waals surface area contributed by atoms with Crippen LogP contribution in [0, 0.1) is 13.8 Å². The Balaban J connectivity index is 0.00000320. The minimum Gasteiger partial charge on any atom is -0.493 e. The number of halogens is 1. The van der Waals surface area contributed by atoms with E-state index in [0.717, 1.165) is 59.5 Å². The number of rotatable bonds is 8. The smallest absolute Gasteiger partial charge is 0.191 e. The van der Waals surface area contributed by atoms with Crippen molar-refractivity contribution in [2.24, 2.45) is 4.99 Å². The van der Waals surface area contributed by atoms with Gasteiger partial charge in [-0.3, -0.25) is 4.99 Å². The van der Waals surface area contributed by atoms with E-state index < -0.39 is 0 Å². The van der Waals surface area contributed by atoms with Crippen LogP contribution in [0.4, 0.5) is 0 Å². The number of nitrogens with one attached hydrogen (secondary N) is 2. The molecule has 166 valence electrons. The number of guanidine groups is 1. The molecule has 0 unspecified atom stereocenters. The number of aryl methyl sites for hydroxylation is 2. The zero-order valence-electron chi connectivity index (χ0n) is 18.3. The maximum atomic E-state index is 6.19. The van der Waals surface area contributed by atoms with Gasteiger partial charge in [-0.1, -0.05) is 6.07 Å². The zero-order valence-corrected chi connectivity index (χ0v) is 21.4. The Kier molecular flexibility index (Phi) is 10.2. The number of hydrogen-bond donors (Lipinski definition) is 2. The second-order valence-electron chi connectivity index (χ2n) is 7.36. The van der Waals surface area contributed by atoms with Crippen molar-refractivity contribution in [3.8, 4) is 11.5 Å². The van der Waals surface area contributed by atoms with E-state index in [4.69, 9.17) is 9.47 Å². The minimum atomic E-state index is 0. The zero-order chi connectivity index (χ0) is 20.6. The lowest BCUT2D eigenvalue weighted by atomic mass is 10.2. The number of aliphatic imine (C=N–C) groups is 1. The fourth-order valence-corrected chi connectivity index (χ4v) is 4.38. The van der Waals surface area contributed by atoms with Crippen LogP contribution >= 0.6 is 35.3 Å². The standard InChI is InChI=1S/C22H32N4O2S.HI/c1-15-16(2)29-21(26-15)11-12-24-22(23-3)25-14-17-9-10-19(27-4)20(13-17)28-18-7-5-6-8-18;/h9-10,13,18H,5-8,11-12,14H2,1-4H3,(H2,23,24,25);1H. The average Bonchev–Trinajstić information content (AvgIpc) is 3.34. The van der Waals surface area contributed by atoms with E-state index in [1.807, 2.05) is 6.07 Å². The molecule has 0 amide bonds. The summed E-state index contributed by atoms with van der Waals surface area (Å²) in [4.78, 5) is 10.2. The second-order valence-corrected chi connectivity index (χ2v) is 8.65. The largest absolute Gasteiger partial charge is 0.493 e. The maximum Gasteiger partial charge on any atom is 0.191 e. The third-order valence-corrected chi connectivity index (χ3v) is 6.34. The number of ether oxygens (including phenoxy) is 2. The van der Waals surface area contributed by atoms with Crippen LogP contribution in [0.1, 0.15) is 46.8 Å². The number of hydrogen-bond acceptors (Lipinski definition) is 5. The fraction of sp³-hybridized carbons (Fsp3) is 0.545. The second kappa shape index (κ2) is 12.3. The molecule has 3 rings (SSSR count). The Morgan fingerprint density at radius 3 is 2.60 bits per heavy atom. The molecule has 2 aromatic rings. The number of benzene rings is 1. The van der Waals surface area contributed by atoms with Crippen LogP contribution < -0.4 is 20.1 Å².